The van der Waals surface area contributed by atoms with Gasteiger partial charge in [0, 0.05) is 12.2 Å². The van der Waals surface area contributed by atoms with Crippen LogP contribution in [-0.2, 0) is 19.3 Å². The lowest BCUT2D eigenvalue weighted by atomic mass is 9.82. The van der Waals surface area contributed by atoms with Crippen LogP contribution in [0, 0.1) is 0 Å². The Balaban J connectivity index is 1.92. The van der Waals surface area contributed by atoms with Crippen LogP contribution >= 0.6 is 0 Å². The third-order valence-electron chi connectivity index (χ3n) is 6.29. The zero-order valence-electron chi connectivity index (χ0n) is 20.1. The topological polar surface area (TPSA) is 59.1 Å². The normalized spacial score (nSPS) is 26.0. The molecule has 0 unspecified atom stereocenters. The van der Waals surface area contributed by atoms with E-state index >= 15 is 0 Å². The van der Waals surface area contributed by atoms with E-state index in [1.165, 1.54) is 24.3 Å². The molecule has 0 N–H and O–H groups in total. The molecule has 2 heterocycles. The molecule has 2 fully saturated rings. The quantitative estimate of drug-likeness (QED) is 0.455. The number of piperidine rings is 2. The number of allylic oxidation sites excluding steroid dienone is 2. The van der Waals surface area contributed by atoms with Crippen LogP contribution in [0.5, 0.6) is 0 Å². The number of hydroxylamine groups is 4. The Labute approximate surface area is 182 Å². The van der Waals surface area contributed by atoms with Crippen LogP contribution in [0.1, 0.15) is 93.9 Å². The van der Waals surface area contributed by atoms with Gasteiger partial charge in [-0.2, -0.15) is 0 Å². The highest BCUT2D eigenvalue weighted by Crippen LogP contribution is 2.39. The number of carbonyl (C=O) groups excluding carboxylic acids is 2. The molecule has 0 bridgehead atoms. The van der Waals surface area contributed by atoms with Crippen LogP contribution in [0.15, 0.2) is 24.3 Å². The smallest absolute Gasteiger partial charge is 0.349 e. The second kappa shape index (κ2) is 8.83. The first-order valence-electron chi connectivity index (χ1n) is 11.1. The molecule has 6 nitrogen and oxygen atoms in total. The second-order valence-electron chi connectivity index (χ2n) is 11.1. The Kier molecular flexibility index (Phi) is 7.25. The molecule has 2 rings (SSSR count). The van der Waals surface area contributed by atoms with Gasteiger partial charge in [0.05, 0.1) is 22.2 Å². The third-order valence-corrected chi connectivity index (χ3v) is 6.29. The van der Waals surface area contributed by atoms with Crippen molar-refractivity contribution >= 4 is 11.9 Å². The summed E-state index contributed by atoms with van der Waals surface area (Å²) in [4.78, 5) is 35.9. The van der Waals surface area contributed by atoms with Gasteiger partial charge in [0.15, 0.2) is 0 Å². The van der Waals surface area contributed by atoms with Gasteiger partial charge >= 0.3 is 11.9 Å². The van der Waals surface area contributed by atoms with Crippen molar-refractivity contribution in [3.05, 3.63) is 24.3 Å². The highest BCUT2D eigenvalue weighted by atomic mass is 16.7. The Morgan fingerprint density at radius 3 is 1.13 bits per heavy atom. The number of rotatable bonds is 5. The van der Waals surface area contributed by atoms with E-state index in [1.807, 2.05) is 10.1 Å². The second-order valence-corrected chi connectivity index (χ2v) is 11.1. The molecule has 0 spiro atoms. The van der Waals surface area contributed by atoms with Gasteiger partial charge in [-0.1, -0.05) is 12.2 Å². The van der Waals surface area contributed by atoms with Gasteiger partial charge in [0.1, 0.15) is 0 Å². The van der Waals surface area contributed by atoms with Crippen molar-refractivity contribution in [2.24, 2.45) is 0 Å². The van der Waals surface area contributed by atoms with Gasteiger partial charge in [0.25, 0.3) is 0 Å². The minimum absolute atomic E-state index is 0.209. The van der Waals surface area contributed by atoms with Crippen molar-refractivity contribution in [1.82, 2.24) is 10.1 Å². The SMILES string of the molecule is CC1(C)CCCC(C)(C)N1OC(=O)/C=C/C=C/C(=O)ON1C(C)(C)CCCC1(C)C. The van der Waals surface area contributed by atoms with Crippen LogP contribution in [0.2, 0.25) is 0 Å². The molecule has 2 aliphatic rings. The molecule has 0 amide bonds. The molecule has 2 saturated heterocycles. The summed E-state index contributed by atoms with van der Waals surface area (Å²) in [7, 11) is 0. The summed E-state index contributed by atoms with van der Waals surface area (Å²) in [6.45, 7) is 16.7. The van der Waals surface area contributed by atoms with Gasteiger partial charge in [-0.05, 0) is 93.9 Å². The van der Waals surface area contributed by atoms with Crippen molar-refractivity contribution in [3.63, 3.8) is 0 Å². The largest absolute Gasteiger partial charge is 0.363 e. The van der Waals surface area contributed by atoms with E-state index in [-0.39, 0.29) is 22.2 Å². The first kappa shape index (κ1) is 24.6. The summed E-state index contributed by atoms with van der Waals surface area (Å²) in [5.41, 5.74) is -0.838. The monoisotopic (exact) mass is 420 g/mol. The minimum atomic E-state index is -0.450. The molecule has 0 aromatic heterocycles. The average molecular weight is 421 g/mol. The summed E-state index contributed by atoms with van der Waals surface area (Å²) >= 11 is 0. The Bertz CT molecular complexity index is 612. The fourth-order valence-corrected chi connectivity index (χ4v) is 4.96. The first-order valence-corrected chi connectivity index (χ1v) is 11.1. The van der Waals surface area contributed by atoms with Crippen molar-refractivity contribution in [3.8, 4) is 0 Å². The number of carbonyl (C=O) groups is 2. The van der Waals surface area contributed by atoms with Gasteiger partial charge in [-0.25, -0.2) is 9.59 Å². The maximum atomic E-state index is 12.3. The zero-order valence-corrected chi connectivity index (χ0v) is 20.1. The van der Waals surface area contributed by atoms with E-state index in [0.29, 0.717) is 0 Å². The van der Waals surface area contributed by atoms with Crippen molar-refractivity contribution in [2.75, 3.05) is 0 Å². The van der Waals surface area contributed by atoms with Crippen molar-refractivity contribution in [2.45, 2.75) is 116 Å². The Hall–Kier alpha value is -1.66. The lowest BCUT2D eigenvalue weighted by molar-refractivity contribution is -0.261. The molecule has 170 valence electrons. The average Bonchev–Trinajstić information content (AvgIpc) is 2.58. The molecule has 0 aliphatic carbocycles. The minimum Gasteiger partial charge on any atom is -0.363 e. The summed E-state index contributed by atoms with van der Waals surface area (Å²) < 4.78 is 0. The highest BCUT2D eigenvalue weighted by Gasteiger charge is 2.45. The third kappa shape index (κ3) is 5.94. The molecule has 6 heteroatoms. The van der Waals surface area contributed by atoms with Gasteiger partial charge in [0.2, 0.25) is 0 Å². The zero-order chi connectivity index (χ0) is 22.8. The molecule has 0 aromatic carbocycles. The summed E-state index contributed by atoms with van der Waals surface area (Å²) in [6.07, 6.45) is 11.8. The highest BCUT2D eigenvalue weighted by molar-refractivity contribution is 5.84. The Morgan fingerprint density at radius 2 is 0.867 bits per heavy atom. The first-order chi connectivity index (χ1) is 13.7. The Morgan fingerprint density at radius 1 is 0.600 bits per heavy atom. The van der Waals surface area contributed by atoms with Crippen LogP contribution in [0.4, 0.5) is 0 Å². The number of hydrogen-bond donors (Lipinski definition) is 0. The summed E-state index contributed by atoms with van der Waals surface area (Å²) in [5, 5.41) is 3.63. The van der Waals surface area contributed by atoms with E-state index in [0.717, 1.165) is 38.5 Å². The molecule has 2 aliphatic heterocycles. The van der Waals surface area contributed by atoms with Crippen LogP contribution in [0.25, 0.3) is 0 Å². The predicted octanol–water partition coefficient (Wildman–Crippen LogP) is 5.10. The van der Waals surface area contributed by atoms with Crippen LogP contribution in [-0.4, -0.2) is 44.2 Å². The molecule has 30 heavy (non-hydrogen) atoms. The van der Waals surface area contributed by atoms with E-state index in [4.69, 9.17) is 9.68 Å². The maximum absolute atomic E-state index is 12.3. The fraction of sp³-hybridized carbons (Fsp3) is 0.750. The lowest BCUT2D eigenvalue weighted by Crippen LogP contribution is -2.58. The van der Waals surface area contributed by atoms with E-state index in [1.54, 1.807) is 0 Å². The molecule has 0 radical (unpaired) electrons. The van der Waals surface area contributed by atoms with Crippen LogP contribution < -0.4 is 0 Å². The molecule has 0 aromatic rings. The maximum Gasteiger partial charge on any atom is 0.349 e. The van der Waals surface area contributed by atoms with Crippen molar-refractivity contribution < 1.29 is 19.3 Å². The van der Waals surface area contributed by atoms with E-state index in [2.05, 4.69) is 55.4 Å². The predicted molar refractivity (Wildman–Crippen MR) is 118 cm³/mol. The molecular formula is C24H40N2O4. The van der Waals surface area contributed by atoms with Gasteiger partial charge in [-0.3, -0.25) is 0 Å². The molecular weight excluding hydrogens is 380 g/mol. The van der Waals surface area contributed by atoms with E-state index < -0.39 is 11.9 Å². The summed E-state index contributed by atoms with van der Waals surface area (Å²) in [6, 6.07) is 0. The molecule has 0 saturated carbocycles. The number of hydrogen-bond acceptors (Lipinski definition) is 6. The van der Waals surface area contributed by atoms with Gasteiger partial charge < -0.3 is 9.68 Å². The fourth-order valence-electron chi connectivity index (χ4n) is 4.96. The number of nitrogens with zero attached hydrogens (tertiary/aromatic N) is 2. The standard InChI is InChI=1S/C24H40N2O4/c1-21(2)15-11-16-22(3,4)25(21)29-19(27)13-9-10-14-20(28)30-26-23(5,6)17-12-18-24(26,7)8/h9-10,13-14H,11-12,15-18H2,1-8H3/b13-9+,14-10+. The summed E-state index contributed by atoms with van der Waals surface area (Å²) in [5.74, 6) is -0.899. The van der Waals surface area contributed by atoms with Gasteiger partial charge in [-0.15, -0.1) is 10.1 Å². The van der Waals surface area contributed by atoms with Crippen molar-refractivity contribution in [1.29, 1.82) is 0 Å². The van der Waals surface area contributed by atoms with E-state index in [9.17, 15) is 9.59 Å². The van der Waals surface area contributed by atoms with Crippen LogP contribution in [0.3, 0.4) is 0 Å². The lowest BCUT2D eigenvalue weighted by Gasteiger charge is -2.50. The molecule has 0 atom stereocenters.